The van der Waals surface area contributed by atoms with Crippen LogP contribution in [0.15, 0.2) is 195 Å². The number of nitrogens with zero attached hydrogens (tertiary/aromatic N) is 6. The number of aromatic nitrogens is 6. The summed E-state index contributed by atoms with van der Waals surface area (Å²) in [6.45, 7) is 0. The van der Waals surface area contributed by atoms with Gasteiger partial charge in [0.2, 0.25) is 0 Å². The molecular formula is C52H32N6. The van der Waals surface area contributed by atoms with E-state index in [1.165, 1.54) is 27.1 Å². The molecule has 7 aromatic carbocycles. The van der Waals surface area contributed by atoms with Crippen LogP contribution in [-0.4, -0.2) is 29.9 Å². The molecule has 6 nitrogen and oxygen atoms in total. The first kappa shape index (κ1) is 33.4. The maximum atomic E-state index is 5.16. The van der Waals surface area contributed by atoms with E-state index in [4.69, 9.17) is 19.9 Å². The fraction of sp³-hybridized carbons (Fsp3) is 0. The van der Waals surface area contributed by atoms with Gasteiger partial charge >= 0.3 is 0 Å². The molecule has 58 heavy (non-hydrogen) atoms. The van der Waals surface area contributed by atoms with Crippen LogP contribution in [-0.2, 0) is 0 Å². The predicted octanol–water partition coefficient (Wildman–Crippen LogP) is 12.7. The van der Waals surface area contributed by atoms with Gasteiger partial charge in [0.25, 0.3) is 0 Å². The average Bonchev–Trinajstić information content (AvgIpc) is 3.31. The number of pyridine rings is 3. The predicted molar refractivity (Wildman–Crippen MR) is 236 cm³/mol. The Morgan fingerprint density at radius 2 is 0.897 bits per heavy atom. The highest BCUT2D eigenvalue weighted by atomic mass is 15.0. The van der Waals surface area contributed by atoms with Crippen molar-refractivity contribution in [2.24, 2.45) is 0 Å². The molecule has 0 N–H and O–H groups in total. The summed E-state index contributed by atoms with van der Waals surface area (Å²) >= 11 is 0. The van der Waals surface area contributed by atoms with Gasteiger partial charge in [0, 0.05) is 51.6 Å². The minimum absolute atomic E-state index is 0.603. The van der Waals surface area contributed by atoms with Crippen LogP contribution in [0.25, 0.3) is 111 Å². The van der Waals surface area contributed by atoms with Crippen molar-refractivity contribution in [2.75, 3.05) is 0 Å². The molecule has 4 aromatic heterocycles. The zero-order chi connectivity index (χ0) is 38.4. The number of fused-ring (bicyclic) bond motifs is 5. The maximum Gasteiger partial charge on any atom is 0.164 e. The van der Waals surface area contributed by atoms with Crippen molar-refractivity contribution in [2.45, 2.75) is 0 Å². The van der Waals surface area contributed by atoms with Gasteiger partial charge in [-0.05, 0) is 86.3 Å². The summed E-state index contributed by atoms with van der Waals surface area (Å²) in [6, 6.07) is 61.1. The molecule has 0 fully saturated rings. The number of hydrogen-bond acceptors (Lipinski definition) is 6. The third-order valence-corrected chi connectivity index (χ3v) is 10.8. The monoisotopic (exact) mass is 740 g/mol. The van der Waals surface area contributed by atoms with Gasteiger partial charge in [-0.2, -0.15) is 0 Å². The molecule has 0 saturated heterocycles. The molecule has 11 rings (SSSR count). The highest BCUT2D eigenvalue weighted by Gasteiger charge is 2.18. The standard InChI is InChI=1S/C52H32N6/c1-3-12-35(13-4-1)50-56-51(36-14-5-2-6-15-36)58-52(57-50)41-30-39(29-40(31-41)47-42-18-9-7-16-37(42)28-38-17-8-10-19-43(38)47)33-21-23-34(24-22-33)48-44-25-27-53-32-45(44)49-46(55-48)20-11-26-54-49/h1-32H. The molecular weight excluding hydrogens is 709 g/mol. The fourth-order valence-electron chi connectivity index (χ4n) is 8.04. The Kier molecular flexibility index (Phi) is 8.04. The molecule has 0 bridgehead atoms. The molecule has 0 amide bonds. The van der Waals surface area contributed by atoms with Crippen LogP contribution in [0.1, 0.15) is 0 Å². The van der Waals surface area contributed by atoms with E-state index in [2.05, 4.69) is 107 Å². The molecule has 11 aromatic rings. The summed E-state index contributed by atoms with van der Waals surface area (Å²) in [7, 11) is 0. The van der Waals surface area contributed by atoms with E-state index in [0.717, 1.165) is 66.4 Å². The van der Waals surface area contributed by atoms with E-state index in [1.807, 2.05) is 91.3 Å². The summed E-state index contributed by atoms with van der Waals surface area (Å²) in [5.74, 6) is 1.85. The lowest BCUT2D eigenvalue weighted by Crippen LogP contribution is -2.00. The van der Waals surface area contributed by atoms with Crippen LogP contribution in [0, 0.1) is 0 Å². The van der Waals surface area contributed by atoms with Crippen LogP contribution in [0.4, 0.5) is 0 Å². The zero-order valence-electron chi connectivity index (χ0n) is 31.2. The Bertz CT molecular complexity index is 3220. The molecule has 0 saturated carbocycles. The molecule has 6 heteroatoms. The van der Waals surface area contributed by atoms with Gasteiger partial charge in [-0.3, -0.25) is 9.97 Å². The zero-order valence-corrected chi connectivity index (χ0v) is 31.2. The van der Waals surface area contributed by atoms with E-state index < -0.39 is 0 Å². The van der Waals surface area contributed by atoms with Gasteiger partial charge in [0.05, 0.1) is 16.7 Å². The largest absolute Gasteiger partial charge is 0.264 e. The minimum atomic E-state index is 0.603. The number of hydrogen-bond donors (Lipinski definition) is 0. The van der Waals surface area contributed by atoms with Gasteiger partial charge in [0.15, 0.2) is 17.5 Å². The van der Waals surface area contributed by atoms with Crippen molar-refractivity contribution >= 4 is 43.4 Å². The third-order valence-electron chi connectivity index (χ3n) is 10.8. The Hall–Kier alpha value is -7.96. The van der Waals surface area contributed by atoms with Crippen LogP contribution in [0.2, 0.25) is 0 Å². The van der Waals surface area contributed by atoms with Crippen LogP contribution < -0.4 is 0 Å². The van der Waals surface area contributed by atoms with Crippen molar-refractivity contribution in [3.8, 4) is 67.7 Å². The summed E-state index contributed by atoms with van der Waals surface area (Å²) in [4.78, 5) is 29.5. The van der Waals surface area contributed by atoms with E-state index in [0.29, 0.717) is 17.5 Å². The second-order valence-electron chi connectivity index (χ2n) is 14.4. The first-order valence-electron chi connectivity index (χ1n) is 19.3. The van der Waals surface area contributed by atoms with Gasteiger partial charge in [0.1, 0.15) is 0 Å². The Labute approximate surface area is 334 Å². The summed E-state index contributed by atoms with van der Waals surface area (Å²) in [5.41, 5.74) is 10.7. The summed E-state index contributed by atoms with van der Waals surface area (Å²) in [6.07, 6.45) is 5.49. The SMILES string of the molecule is c1ccc(-c2nc(-c3ccccc3)nc(-c3cc(-c4ccc(-c5nc6cccnc6c6cnccc56)cc4)cc(-c4c5ccccc5cc5ccccc45)c3)n2)cc1. The first-order chi connectivity index (χ1) is 28.7. The fourth-order valence-corrected chi connectivity index (χ4v) is 8.04. The van der Waals surface area contributed by atoms with Crippen LogP contribution in [0.3, 0.4) is 0 Å². The first-order valence-corrected chi connectivity index (χ1v) is 19.3. The lowest BCUT2D eigenvalue weighted by molar-refractivity contribution is 1.07. The Morgan fingerprint density at radius 3 is 1.57 bits per heavy atom. The van der Waals surface area contributed by atoms with E-state index in [-0.39, 0.29) is 0 Å². The van der Waals surface area contributed by atoms with Crippen molar-refractivity contribution < 1.29 is 0 Å². The topological polar surface area (TPSA) is 77.3 Å². The number of benzene rings is 7. The number of rotatable bonds is 6. The van der Waals surface area contributed by atoms with Gasteiger partial charge in [-0.1, -0.05) is 133 Å². The normalized spacial score (nSPS) is 11.4. The highest BCUT2D eigenvalue weighted by molar-refractivity contribution is 6.13. The van der Waals surface area contributed by atoms with Crippen molar-refractivity contribution in [3.63, 3.8) is 0 Å². The highest BCUT2D eigenvalue weighted by Crippen LogP contribution is 2.41. The lowest BCUT2D eigenvalue weighted by Gasteiger charge is -2.16. The van der Waals surface area contributed by atoms with Crippen LogP contribution in [0.5, 0.6) is 0 Å². The minimum Gasteiger partial charge on any atom is -0.264 e. The van der Waals surface area contributed by atoms with E-state index in [1.54, 1.807) is 6.20 Å². The molecule has 0 aliphatic carbocycles. The molecule has 270 valence electrons. The van der Waals surface area contributed by atoms with Gasteiger partial charge < -0.3 is 0 Å². The Morgan fingerprint density at radius 1 is 0.328 bits per heavy atom. The van der Waals surface area contributed by atoms with Crippen molar-refractivity contribution in [1.29, 1.82) is 0 Å². The van der Waals surface area contributed by atoms with E-state index in [9.17, 15) is 0 Å². The lowest BCUT2D eigenvalue weighted by atomic mass is 9.89. The molecule has 0 aliphatic heterocycles. The maximum absolute atomic E-state index is 5.16. The second-order valence-corrected chi connectivity index (χ2v) is 14.4. The summed E-state index contributed by atoms with van der Waals surface area (Å²) in [5, 5.41) is 6.73. The Balaban J connectivity index is 1.14. The molecule has 4 heterocycles. The smallest absolute Gasteiger partial charge is 0.164 e. The summed E-state index contributed by atoms with van der Waals surface area (Å²) < 4.78 is 0. The molecule has 0 atom stereocenters. The van der Waals surface area contributed by atoms with E-state index >= 15 is 0 Å². The molecule has 0 spiro atoms. The van der Waals surface area contributed by atoms with Gasteiger partial charge in [-0.25, -0.2) is 19.9 Å². The second kappa shape index (κ2) is 14.0. The quantitative estimate of drug-likeness (QED) is 0.125. The molecule has 0 radical (unpaired) electrons. The average molecular weight is 741 g/mol. The van der Waals surface area contributed by atoms with Crippen molar-refractivity contribution in [3.05, 3.63) is 195 Å². The molecule has 0 unspecified atom stereocenters. The third kappa shape index (κ3) is 5.92. The van der Waals surface area contributed by atoms with Crippen molar-refractivity contribution in [1.82, 2.24) is 29.9 Å². The van der Waals surface area contributed by atoms with Crippen LogP contribution >= 0.6 is 0 Å². The van der Waals surface area contributed by atoms with Gasteiger partial charge in [-0.15, -0.1) is 0 Å². The molecule has 0 aliphatic rings.